The fourth-order valence-electron chi connectivity index (χ4n) is 2.79. The molecule has 0 bridgehead atoms. The summed E-state index contributed by atoms with van der Waals surface area (Å²) in [6.07, 6.45) is 1.71. The maximum absolute atomic E-state index is 12.8. The van der Waals surface area contributed by atoms with Crippen molar-refractivity contribution in [3.63, 3.8) is 0 Å². The molecule has 3 rings (SSSR count). The third kappa shape index (κ3) is 5.52. The maximum Gasteiger partial charge on any atom is 0.341 e. The number of esters is 1. The number of likely N-dealkylation sites (N-methyl/N-ethyl adjacent to an activating group) is 1. The van der Waals surface area contributed by atoms with Gasteiger partial charge in [-0.2, -0.15) is 0 Å². The van der Waals surface area contributed by atoms with Crippen molar-refractivity contribution in [3.8, 4) is 5.75 Å². The Kier molecular flexibility index (Phi) is 7.09. The maximum atomic E-state index is 12.8. The molecule has 1 saturated heterocycles. The summed E-state index contributed by atoms with van der Waals surface area (Å²) in [4.78, 5) is 41.8. The van der Waals surface area contributed by atoms with Crippen LogP contribution >= 0.6 is 11.8 Å². The number of amidine groups is 1. The average molecular weight is 440 g/mol. The van der Waals surface area contributed by atoms with Crippen LogP contribution in [0, 0.1) is 0 Å². The summed E-state index contributed by atoms with van der Waals surface area (Å²) >= 11 is 1.22. The van der Waals surface area contributed by atoms with Gasteiger partial charge in [-0.25, -0.2) is 14.6 Å². The second-order valence-electron chi connectivity index (χ2n) is 6.35. The van der Waals surface area contributed by atoms with Crippen LogP contribution in [-0.2, 0) is 14.3 Å². The van der Waals surface area contributed by atoms with Crippen LogP contribution in [0.4, 0.5) is 5.69 Å². The quantitative estimate of drug-likeness (QED) is 0.518. The molecule has 2 aromatic carbocycles. The van der Waals surface area contributed by atoms with Crippen LogP contribution < -0.4 is 4.74 Å². The molecule has 1 aliphatic rings. The fraction of sp³-hybridized carbons (Fsp3) is 0.182. The topological polar surface area (TPSA) is 106 Å². The molecule has 0 unspecified atom stereocenters. The smallest absolute Gasteiger partial charge is 0.341 e. The molecule has 1 amide bonds. The lowest BCUT2D eigenvalue weighted by molar-refractivity contribution is -0.139. The summed E-state index contributed by atoms with van der Waals surface area (Å²) in [5.41, 5.74) is 1.60. The van der Waals surface area contributed by atoms with Crippen molar-refractivity contribution in [1.29, 1.82) is 0 Å². The molecule has 1 aliphatic heterocycles. The SMILES string of the molecule is CCN1C(=O)C(=Cc2cccc(OCC(=O)O)c2)SC1=Nc1cccc(C(=O)OC)c1. The number of aliphatic carboxylic acids is 1. The van der Waals surface area contributed by atoms with Gasteiger partial charge >= 0.3 is 11.9 Å². The van der Waals surface area contributed by atoms with Crippen molar-refractivity contribution >= 4 is 46.5 Å². The van der Waals surface area contributed by atoms with Crippen LogP contribution in [0.5, 0.6) is 5.75 Å². The molecule has 0 spiro atoms. The molecule has 1 heterocycles. The Morgan fingerprint density at radius 2 is 1.97 bits per heavy atom. The number of rotatable bonds is 7. The highest BCUT2D eigenvalue weighted by Gasteiger charge is 2.32. The average Bonchev–Trinajstić information content (AvgIpc) is 3.05. The molecule has 1 N–H and O–H groups in total. The van der Waals surface area contributed by atoms with Gasteiger partial charge in [0.2, 0.25) is 0 Å². The molecule has 2 aromatic rings. The summed E-state index contributed by atoms with van der Waals surface area (Å²) < 4.78 is 9.92. The third-order valence-corrected chi connectivity index (χ3v) is 5.22. The Balaban J connectivity index is 1.86. The van der Waals surface area contributed by atoms with E-state index in [1.54, 1.807) is 59.5 Å². The van der Waals surface area contributed by atoms with E-state index in [2.05, 4.69) is 4.99 Å². The fourth-order valence-corrected chi connectivity index (χ4v) is 3.85. The molecule has 9 heteroatoms. The third-order valence-electron chi connectivity index (χ3n) is 4.21. The largest absolute Gasteiger partial charge is 0.482 e. The molecule has 1 fully saturated rings. The predicted octanol–water partition coefficient (Wildman–Crippen LogP) is 3.56. The first-order valence-electron chi connectivity index (χ1n) is 9.34. The Labute approximate surface area is 183 Å². The minimum atomic E-state index is -1.07. The number of carbonyl (C=O) groups excluding carboxylic acids is 2. The summed E-state index contributed by atoms with van der Waals surface area (Å²) in [6.45, 7) is 1.83. The number of carboxylic acids is 1. The van der Waals surface area contributed by atoms with Crippen molar-refractivity contribution in [1.82, 2.24) is 4.90 Å². The van der Waals surface area contributed by atoms with Gasteiger partial charge in [0, 0.05) is 6.54 Å². The number of carboxylic acid groups (broad SMARTS) is 1. The second kappa shape index (κ2) is 9.94. The zero-order valence-electron chi connectivity index (χ0n) is 16.9. The molecule has 31 heavy (non-hydrogen) atoms. The number of amides is 1. The van der Waals surface area contributed by atoms with E-state index < -0.39 is 18.5 Å². The second-order valence-corrected chi connectivity index (χ2v) is 7.36. The molecule has 8 nitrogen and oxygen atoms in total. The van der Waals surface area contributed by atoms with Crippen molar-refractivity contribution in [2.45, 2.75) is 6.92 Å². The number of methoxy groups -OCH3 is 1. The van der Waals surface area contributed by atoms with Gasteiger partial charge in [0.25, 0.3) is 5.91 Å². The van der Waals surface area contributed by atoms with E-state index in [-0.39, 0.29) is 5.91 Å². The van der Waals surface area contributed by atoms with Crippen molar-refractivity contribution in [2.24, 2.45) is 4.99 Å². The van der Waals surface area contributed by atoms with Gasteiger partial charge in [0.15, 0.2) is 11.8 Å². The Morgan fingerprint density at radius 3 is 2.68 bits per heavy atom. The molecule has 0 aliphatic carbocycles. The Hall–Kier alpha value is -3.59. The van der Waals surface area contributed by atoms with Crippen molar-refractivity contribution in [3.05, 3.63) is 64.6 Å². The first-order chi connectivity index (χ1) is 14.9. The van der Waals surface area contributed by atoms with Crippen molar-refractivity contribution < 1.29 is 29.0 Å². The van der Waals surface area contributed by atoms with E-state index in [1.165, 1.54) is 18.9 Å². The molecule has 0 atom stereocenters. The predicted molar refractivity (Wildman–Crippen MR) is 117 cm³/mol. The highest BCUT2D eigenvalue weighted by atomic mass is 32.2. The van der Waals surface area contributed by atoms with Crippen LogP contribution in [0.1, 0.15) is 22.8 Å². The number of thioether (sulfide) groups is 1. The van der Waals surface area contributed by atoms with E-state index in [9.17, 15) is 14.4 Å². The number of nitrogens with zero attached hydrogens (tertiary/aromatic N) is 2. The number of aliphatic imine (C=N–C) groups is 1. The Morgan fingerprint density at radius 1 is 1.19 bits per heavy atom. The number of hydrogen-bond acceptors (Lipinski definition) is 7. The minimum Gasteiger partial charge on any atom is -0.482 e. The first-order valence-corrected chi connectivity index (χ1v) is 10.2. The number of benzene rings is 2. The van der Waals surface area contributed by atoms with E-state index >= 15 is 0 Å². The summed E-state index contributed by atoms with van der Waals surface area (Å²) in [6, 6.07) is 13.5. The van der Waals surface area contributed by atoms with Gasteiger partial charge in [-0.3, -0.25) is 9.69 Å². The lowest BCUT2D eigenvalue weighted by Crippen LogP contribution is -2.28. The van der Waals surface area contributed by atoms with E-state index in [1.807, 2.05) is 6.92 Å². The monoisotopic (exact) mass is 440 g/mol. The minimum absolute atomic E-state index is 0.188. The van der Waals surface area contributed by atoms with E-state index in [0.717, 1.165) is 0 Å². The highest BCUT2D eigenvalue weighted by molar-refractivity contribution is 8.18. The lowest BCUT2D eigenvalue weighted by atomic mass is 10.2. The number of carbonyl (C=O) groups is 3. The normalized spacial score (nSPS) is 16.1. The zero-order chi connectivity index (χ0) is 22.4. The molecule has 0 aromatic heterocycles. The summed E-state index contributed by atoms with van der Waals surface area (Å²) in [5.74, 6) is -1.32. The zero-order valence-corrected chi connectivity index (χ0v) is 17.7. The Bertz CT molecular complexity index is 1080. The molecule has 0 saturated carbocycles. The van der Waals surface area contributed by atoms with Gasteiger partial charge in [-0.1, -0.05) is 18.2 Å². The van der Waals surface area contributed by atoms with Gasteiger partial charge < -0.3 is 14.6 Å². The van der Waals surface area contributed by atoms with Crippen LogP contribution in [0.25, 0.3) is 6.08 Å². The van der Waals surface area contributed by atoms with Gasteiger partial charge in [0.1, 0.15) is 5.75 Å². The highest BCUT2D eigenvalue weighted by Crippen LogP contribution is 2.34. The van der Waals surface area contributed by atoms with Crippen LogP contribution in [0.2, 0.25) is 0 Å². The van der Waals surface area contributed by atoms with Crippen LogP contribution in [-0.4, -0.2) is 53.3 Å². The van der Waals surface area contributed by atoms with Gasteiger partial charge in [-0.05, 0) is 60.7 Å². The molecule has 0 radical (unpaired) electrons. The standard InChI is InChI=1S/C22H20N2O6S/c1-3-24-20(27)18(11-14-6-4-9-17(10-14)30-13-19(25)26)31-22(24)23-16-8-5-7-15(12-16)21(28)29-2/h4-12H,3,13H2,1-2H3,(H,25,26). The molecule has 160 valence electrons. The first kappa shape index (κ1) is 22.1. The molecular weight excluding hydrogens is 420 g/mol. The summed E-state index contributed by atoms with van der Waals surface area (Å²) in [7, 11) is 1.31. The number of ether oxygens (including phenoxy) is 2. The van der Waals surface area contributed by atoms with Crippen LogP contribution in [0.3, 0.4) is 0 Å². The molecular formula is C22H20N2O6S. The number of hydrogen-bond donors (Lipinski definition) is 1. The van der Waals surface area contributed by atoms with Crippen molar-refractivity contribution in [2.75, 3.05) is 20.3 Å². The van der Waals surface area contributed by atoms with Gasteiger partial charge in [-0.15, -0.1) is 0 Å². The lowest BCUT2D eigenvalue weighted by Gasteiger charge is -2.12. The van der Waals surface area contributed by atoms with Crippen LogP contribution in [0.15, 0.2) is 58.4 Å². The van der Waals surface area contributed by atoms with E-state index in [4.69, 9.17) is 14.6 Å². The van der Waals surface area contributed by atoms with E-state index in [0.29, 0.717) is 39.2 Å². The van der Waals surface area contributed by atoms with Gasteiger partial charge in [0.05, 0.1) is 23.3 Å². The summed E-state index contributed by atoms with van der Waals surface area (Å²) in [5, 5.41) is 9.25.